The van der Waals surface area contributed by atoms with E-state index in [-0.39, 0.29) is 41.7 Å². The summed E-state index contributed by atoms with van der Waals surface area (Å²) in [5.74, 6) is 0.207. The first-order valence-electron chi connectivity index (χ1n) is 11.6. The minimum absolute atomic E-state index is 0.0662. The Morgan fingerprint density at radius 2 is 1.94 bits per heavy atom. The highest BCUT2D eigenvalue weighted by atomic mass is 32.2. The van der Waals surface area contributed by atoms with Gasteiger partial charge in [-0.25, -0.2) is 17.6 Å². The van der Waals surface area contributed by atoms with E-state index in [1.54, 1.807) is 6.07 Å². The number of carbonyl (C=O) groups is 2. The standard InChI is InChI=1S/C23H31FN2O5S/c24-20-10-9-18-17(5-4-6-19(18)22(20)31-14-16-7-8-16)15-32(29,30)12-3-1-2-11-26-13-21(27)25-23(26)28/h9-10,16-17H,1-8,11-15H2,(H,25,27,28)/t17-/m0/s1. The number of hydrogen-bond donors (Lipinski definition) is 1. The summed E-state index contributed by atoms with van der Waals surface area (Å²) in [6.45, 7) is 1.05. The predicted molar refractivity (Wildman–Crippen MR) is 118 cm³/mol. The third kappa shape index (κ3) is 5.79. The maximum atomic E-state index is 14.4. The van der Waals surface area contributed by atoms with E-state index in [1.807, 2.05) is 0 Å². The normalized spacial score (nSPS) is 20.9. The summed E-state index contributed by atoms with van der Waals surface area (Å²) >= 11 is 0. The van der Waals surface area contributed by atoms with Gasteiger partial charge in [0.05, 0.1) is 18.1 Å². The van der Waals surface area contributed by atoms with E-state index in [1.165, 1.54) is 11.0 Å². The number of ether oxygens (including phenoxy) is 1. The second-order valence-electron chi connectivity index (χ2n) is 9.24. The average Bonchev–Trinajstić information content (AvgIpc) is 3.50. The number of unbranched alkanes of at least 4 members (excludes halogenated alkanes) is 2. The van der Waals surface area contributed by atoms with E-state index >= 15 is 0 Å². The second-order valence-corrected chi connectivity index (χ2v) is 11.5. The van der Waals surface area contributed by atoms with E-state index in [4.69, 9.17) is 4.74 Å². The summed E-state index contributed by atoms with van der Waals surface area (Å²) in [7, 11) is -3.26. The monoisotopic (exact) mass is 466 g/mol. The molecule has 7 nitrogen and oxygen atoms in total. The lowest BCUT2D eigenvalue weighted by atomic mass is 9.83. The maximum absolute atomic E-state index is 14.4. The summed E-state index contributed by atoms with van der Waals surface area (Å²) in [5.41, 5.74) is 1.76. The van der Waals surface area contributed by atoms with Crippen molar-refractivity contribution >= 4 is 21.8 Å². The fourth-order valence-electron chi connectivity index (χ4n) is 4.61. The Bertz CT molecular complexity index is 977. The van der Waals surface area contributed by atoms with Crippen molar-refractivity contribution in [3.63, 3.8) is 0 Å². The van der Waals surface area contributed by atoms with Crippen LogP contribution < -0.4 is 10.1 Å². The molecule has 2 aliphatic carbocycles. The van der Waals surface area contributed by atoms with Crippen molar-refractivity contribution in [3.05, 3.63) is 29.1 Å². The molecule has 3 amide bonds. The third-order valence-electron chi connectivity index (χ3n) is 6.53. The van der Waals surface area contributed by atoms with Crippen LogP contribution in [0.5, 0.6) is 5.75 Å². The smallest absolute Gasteiger partial charge is 0.324 e. The molecule has 4 rings (SSSR count). The maximum Gasteiger partial charge on any atom is 0.324 e. The molecule has 0 unspecified atom stereocenters. The first kappa shape index (κ1) is 23.0. The van der Waals surface area contributed by atoms with Gasteiger partial charge in [0.2, 0.25) is 5.91 Å². The Morgan fingerprint density at radius 3 is 2.66 bits per heavy atom. The van der Waals surface area contributed by atoms with Gasteiger partial charge in [-0.2, -0.15) is 0 Å². The minimum Gasteiger partial charge on any atom is -0.490 e. The van der Waals surface area contributed by atoms with Crippen molar-refractivity contribution in [1.29, 1.82) is 0 Å². The number of urea groups is 1. The summed E-state index contributed by atoms with van der Waals surface area (Å²) in [6.07, 6.45) is 6.42. The zero-order valence-corrected chi connectivity index (χ0v) is 19.1. The molecule has 1 saturated carbocycles. The molecular formula is C23H31FN2O5S. The highest BCUT2D eigenvalue weighted by Gasteiger charge is 2.30. The molecule has 2 fully saturated rings. The summed E-state index contributed by atoms with van der Waals surface area (Å²) in [4.78, 5) is 24.1. The number of rotatable bonds is 11. The molecule has 9 heteroatoms. The highest BCUT2D eigenvalue weighted by Crippen LogP contribution is 2.40. The van der Waals surface area contributed by atoms with Gasteiger partial charge < -0.3 is 9.64 Å². The minimum atomic E-state index is -3.26. The van der Waals surface area contributed by atoms with Crippen LogP contribution in [0.15, 0.2) is 12.1 Å². The SMILES string of the molecule is O=C1CN(CCCCCS(=O)(=O)C[C@@H]2CCCc3c2ccc(F)c3OCC2CC2)C(=O)N1. The molecule has 0 spiro atoms. The van der Waals surface area contributed by atoms with Gasteiger partial charge in [0.25, 0.3) is 0 Å². The molecule has 1 N–H and O–H groups in total. The number of nitrogens with one attached hydrogen (secondary N) is 1. The number of halogens is 1. The molecule has 0 bridgehead atoms. The van der Waals surface area contributed by atoms with Gasteiger partial charge in [-0.3, -0.25) is 10.1 Å². The Hall–Kier alpha value is -2.16. The Balaban J connectivity index is 1.29. The van der Waals surface area contributed by atoms with Crippen LogP contribution in [-0.2, 0) is 21.1 Å². The summed E-state index contributed by atoms with van der Waals surface area (Å²) in [6, 6.07) is 2.76. The van der Waals surface area contributed by atoms with Crippen LogP contribution in [0.4, 0.5) is 9.18 Å². The fourth-order valence-corrected chi connectivity index (χ4v) is 6.38. The lowest BCUT2D eigenvalue weighted by molar-refractivity contribution is -0.118. The van der Waals surface area contributed by atoms with E-state index < -0.39 is 9.84 Å². The fraction of sp³-hybridized carbons (Fsp3) is 0.652. The Morgan fingerprint density at radius 1 is 1.12 bits per heavy atom. The molecule has 32 heavy (non-hydrogen) atoms. The molecular weight excluding hydrogens is 435 g/mol. The Labute approximate surface area is 188 Å². The molecule has 0 radical (unpaired) electrons. The molecule has 0 aromatic heterocycles. The number of carbonyl (C=O) groups excluding carboxylic acids is 2. The highest BCUT2D eigenvalue weighted by molar-refractivity contribution is 7.91. The van der Waals surface area contributed by atoms with Gasteiger partial charge in [0.1, 0.15) is 6.54 Å². The van der Waals surface area contributed by atoms with Gasteiger partial charge in [0.15, 0.2) is 21.4 Å². The number of hydrogen-bond acceptors (Lipinski definition) is 5. The number of benzene rings is 1. The molecule has 1 aromatic carbocycles. The van der Waals surface area contributed by atoms with Gasteiger partial charge in [0, 0.05) is 12.1 Å². The molecule has 1 aliphatic heterocycles. The number of nitrogens with zero attached hydrogens (tertiary/aromatic N) is 1. The Kier molecular flexibility index (Phi) is 7.02. The van der Waals surface area contributed by atoms with Crippen molar-refractivity contribution in [2.45, 2.75) is 57.3 Å². The van der Waals surface area contributed by atoms with Crippen molar-refractivity contribution in [2.75, 3.05) is 31.2 Å². The van der Waals surface area contributed by atoms with Gasteiger partial charge >= 0.3 is 6.03 Å². The van der Waals surface area contributed by atoms with Crippen LogP contribution in [0.2, 0.25) is 0 Å². The molecule has 1 saturated heterocycles. The molecule has 1 heterocycles. The van der Waals surface area contributed by atoms with E-state index in [0.717, 1.165) is 43.2 Å². The molecule has 1 atom stereocenters. The predicted octanol–water partition coefficient (Wildman–Crippen LogP) is 3.17. The van der Waals surface area contributed by atoms with Crippen LogP contribution in [0.25, 0.3) is 0 Å². The number of sulfone groups is 1. The molecule has 3 aliphatic rings. The van der Waals surface area contributed by atoms with Crippen LogP contribution in [0, 0.1) is 11.7 Å². The lowest BCUT2D eigenvalue weighted by Gasteiger charge is -2.27. The largest absolute Gasteiger partial charge is 0.490 e. The first-order valence-corrected chi connectivity index (χ1v) is 13.4. The van der Waals surface area contributed by atoms with Crippen LogP contribution in [0.3, 0.4) is 0 Å². The molecule has 176 valence electrons. The van der Waals surface area contributed by atoms with Crippen LogP contribution >= 0.6 is 0 Å². The van der Waals surface area contributed by atoms with Gasteiger partial charge in [-0.05, 0) is 68.4 Å². The van der Waals surface area contributed by atoms with Crippen molar-refractivity contribution < 1.29 is 27.1 Å². The lowest BCUT2D eigenvalue weighted by Crippen LogP contribution is -2.29. The van der Waals surface area contributed by atoms with Gasteiger partial charge in [-0.1, -0.05) is 12.5 Å². The number of amides is 3. The molecule has 1 aromatic rings. The summed E-state index contributed by atoms with van der Waals surface area (Å²) in [5, 5.41) is 2.23. The van der Waals surface area contributed by atoms with Crippen molar-refractivity contribution in [3.8, 4) is 5.75 Å². The van der Waals surface area contributed by atoms with Gasteiger partial charge in [-0.15, -0.1) is 0 Å². The summed E-state index contributed by atoms with van der Waals surface area (Å²) < 4.78 is 45.8. The van der Waals surface area contributed by atoms with E-state index in [0.29, 0.717) is 44.1 Å². The number of imide groups is 1. The number of fused-ring (bicyclic) bond motifs is 1. The first-order chi connectivity index (χ1) is 15.3. The van der Waals surface area contributed by atoms with Crippen LogP contribution in [-0.4, -0.2) is 56.5 Å². The van der Waals surface area contributed by atoms with Crippen LogP contribution in [0.1, 0.15) is 62.0 Å². The quantitative estimate of drug-likeness (QED) is 0.399. The second kappa shape index (κ2) is 9.77. The van der Waals surface area contributed by atoms with E-state index in [2.05, 4.69) is 5.32 Å². The zero-order chi connectivity index (χ0) is 22.7. The van der Waals surface area contributed by atoms with Crippen molar-refractivity contribution in [1.82, 2.24) is 10.2 Å². The topological polar surface area (TPSA) is 92.8 Å². The van der Waals surface area contributed by atoms with E-state index in [9.17, 15) is 22.4 Å². The third-order valence-corrected chi connectivity index (χ3v) is 8.36. The average molecular weight is 467 g/mol. The zero-order valence-electron chi connectivity index (χ0n) is 18.3. The van der Waals surface area contributed by atoms with Crippen molar-refractivity contribution in [2.24, 2.45) is 5.92 Å².